The van der Waals surface area contributed by atoms with Crippen LogP contribution in [-0.4, -0.2) is 20.7 Å². The number of pyridine rings is 1. The number of aromatic nitrogens is 3. The quantitative estimate of drug-likeness (QED) is 0.902. The first-order chi connectivity index (χ1) is 9.54. The van der Waals surface area contributed by atoms with Gasteiger partial charge in [-0.1, -0.05) is 6.07 Å². The molecule has 20 heavy (non-hydrogen) atoms. The number of nitrogens with one attached hydrogen (secondary N) is 1. The van der Waals surface area contributed by atoms with Crippen LogP contribution in [0.4, 0.5) is 5.82 Å². The Labute approximate surface area is 116 Å². The minimum absolute atomic E-state index is 0.128. The fourth-order valence-corrected chi connectivity index (χ4v) is 1.67. The summed E-state index contributed by atoms with van der Waals surface area (Å²) in [5, 5.41) is 6.79. The summed E-state index contributed by atoms with van der Waals surface area (Å²) in [6.45, 7) is 1.93. The number of hydrogen-bond acceptors (Lipinski definition) is 4. The molecule has 0 atom stereocenters. The van der Waals surface area contributed by atoms with Crippen LogP contribution in [0.1, 0.15) is 17.7 Å². The molecule has 6 heteroatoms. The van der Waals surface area contributed by atoms with Gasteiger partial charge in [-0.3, -0.25) is 9.59 Å². The maximum Gasteiger partial charge on any atom is 0.266 e. The fraction of sp³-hybridized carbons (Fsp3) is 0.286. The van der Waals surface area contributed by atoms with Crippen LogP contribution in [-0.2, 0) is 18.3 Å². The van der Waals surface area contributed by atoms with Gasteiger partial charge in [0.25, 0.3) is 5.56 Å². The van der Waals surface area contributed by atoms with Gasteiger partial charge in [-0.05, 0) is 24.6 Å². The van der Waals surface area contributed by atoms with Crippen molar-refractivity contribution in [2.75, 3.05) is 5.32 Å². The molecule has 0 aromatic carbocycles. The summed E-state index contributed by atoms with van der Waals surface area (Å²) in [5.41, 5.74) is 1.58. The summed E-state index contributed by atoms with van der Waals surface area (Å²) in [7, 11) is 1.59. The Morgan fingerprint density at radius 2 is 2.10 bits per heavy atom. The minimum Gasteiger partial charge on any atom is -0.311 e. The van der Waals surface area contributed by atoms with Crippen molar-refractivity contribution in [2.24, 2.45) is 7.05 Å². The van der Waals surface area contributed by atoms with E-state index in [0.29, 0.717) is 24.4 Å². The van der Waals surface area contributed by atoms with Gasteiger partial charge in [-0.15, -0.1) is 0 Å². The first kappa shape index (κ1) is 13.9. The molecule has 2 heterocycles. The Hall–Kier alpha value is -2.50. The van der Waals surface area contributed by atoms with Crippen LogP contribution in [0, 0.1) is 6.92 Å². The molecule has 0 aliphatic carbocycles. The molecule has 2 rings (SSSR count). The molecule has 1 N–H and O–H groups in total. The summed E-state index contributed by atoms with van der Waals surface area (Å²) < 4.78 is 1.26. The van der Waals surface area contributed by atoms with Crippen LogP contribution in [0.25, 0.3) is 0 Å². The van der Waals surface area contributed by atoms with Crippen molar-refractivity contribution in [3.8, 4) is 0 Å². The number of rotatable bonds is 4. The van der Waals surface area contributed by atoms with Gasteiger partial charge in [0.2, 0.25) is 5.91 Å². The normalized spacial score (nSPS) is 10.3. The van der Waals surface area contributed by atoms with Crippen LogP contribution < -0.4 is 10.9 Å². The second-order valence-electron chi connectivity index (χ2n) is 4.56. The smallest absolute Gasteiger partial charge is 0.266 e. The van der Waals surface area contributed by atoms with E-state index in [1.165, 1.54) is 10.7 Å². The maximum atomic E-state index is 11.8. The first-order valence-electron chi connectivity index (χ1n) is 6.30. The zero-order chi connectivity index (χ0) is 14.5. The van der Waals surface area contributed by atoms with E-state index in [2.05, 4.69) is 15.4 Å². The van der Waals surface area contributed by atoms with Crippen molar-refractivity contribution >= 4 is 11.7 Å². The Morgan fingerprint density at radius 3 is 2.75 bits per heavy atom. The number of nitrogens with zero attached hydrogens (tertiary/aromatic N) is 3. The van der Waals surface area contributed by atoms with Crippen molar-refractivity contribution < 1.29 is 4.79 Å². The van der Waals surface area contributed by atoms with E-state index in [9.17, 15) is 9.59 Å². The highest BCUT2D eigenvalue weighted by Crippen LogP contribution is 2.05. The lowest BCUT2D eigenvalue weighted by Gasteiger charge is -2.05. The molecule has 104 valence electrons. The van der Waals surface area contributed by atoms with Gasteiger partial charge in [0.1, 0.15) is 5.82 Å². The SMILES string of the molecule is Cc1ccc(NC(=O)CCc2ccc(=O)n(C)n2)nc1. The van der Waals surface area contributed by atoms with Gasteiger partial charge in [0.05, 0.1) is 5.69 Å². The second kappa shape index (κ2) is 6.10. The van der Waals surface area contributed by atoms with Gasteiger partial charge in [0.15, 0.2) is 0 Å². The van der Waals surface area contributed by atoms with Crippen LogP contribution in [0.2, 0.25) is 0 Å². The molecule has 0 aliphatic rings. The summed E-state index contributed by atoms with van der Waals surface area (Å²) in [4.78, 5) is 27.1. The zero-order valence-electron chi connectivity index (χ0n) is 11.5. The third-order valence-electron chi connectivity index (χ3n) is 2.80. The predicted molar refractivity (Wildman–Crippen MR) is 75.4 cm³/mol. The molecule has 2 aromatic heterocycles. The molecule has 0 aliphatic heterocycles. The standard InChI is InChI=1S/C14H16N4O2/c1-10-3-6-12(15-9-10)16-13(19)7-4-11-5-8-14(20)18(2)17-11/h3,5-6,8-9H,4,7H2,1-2H3,(H,15,16,19). The number of anilines is 1. The Balaban J connectivity index is 1.90. The topological polar surface area (TPSA) is 76.9 Å². The Bertz CT molecular complexity index is 662. The van der Waals surface area contributed by atoms with E-state index in [1.807, 2.05) is 13.0 Å². The van der Waals surface area contributed by atoms with E-state index in [4.69, 9.17) is 0 Å². The average molecular weight is 272 g/mol. The third-order valence-corrected chi connectivity index (χ3v) is 2.80. The molecule has 0 saturated carbocycles. The summed E-state index contributed by atoms with van der Waals surface area (Å²) in [5.74, 6) is 0.408. The van der Waals surface area contributed by atoms with Crippen molar-refractivity contribution in [1.82, 2.24) is 14.8 Å². The molecule has 1 amide bonds. The molecule has 0 fully saturated rings. The number of aryl methyl sites for hydroxylation is 3. The third kappa shape index (κ3) is 3.74. The predicted octanol–water partition coefficient (Wildman–Crippen LogP) is 1.06. The van der Waals surface area contributed by atoms with E-state index >= 15 is 0 Å². The number of hydrogen-bond donors (Lipinski definition) is 1. The molecular formula is C14H16N4O2. The van der Waals surface area contributed by atoms with Crippen molar-refractivity contribution in [3.05, 3.63) is 52.1 Å². The highest BCUT2D eigenvalue weighted by molar-refractivity contribution is 5.89. The molecule has 0 saturated heterocycles. The molecule has 0 bridgehead atoms. The molecule has 6 nitrogen and oxygen atoms in total. The van der Waals surface area contributed by atoms with Crippen molar-refractivity contribution in [3.63, 3.8) is 0 Å². The zero-order valence-corrected chi connectivity index (χ0v) is 11.5. The van der Waals surface area contributed by atoms with Crippen molar-refractivity contribution in [1.29, 1.82) is 0 Å². The number of amides is 1. The minimum atomic E-state index is -0.165. The summed E-state index contributed by atoms with van der Waals surface area (Å²) >= 11 is 0. The second-order valence-corrected chi connectivity index (χ2v) is 4.56. The maximum absolute atomic E-state index is 11.8. The van der Waals surface area contributed by atoms with Crippen molar-refractivity contribution in [2.45, 2.75) is 19.8 Å². The average Bonchev–Trinajstić information content (AvgIpc) is 2.43. The number of carbonyl (C=O) groups excluding carboxylic acids is 1. The fourth-order valence-electron chi connectivity index (χ4n) is 1.67. The van der Waals surface area contributed by atoms with E-state index in [1.54, 1.807) is 25.4 Å². The lowest BCUT2D eigenvalue weighted by atomic mass is 10.2. The number of carbonyl (C=O) groups is 1. The van der Waals surface area contributed by atoms with Crippen LogP contribution >= 0.6 is 0 Å². The summed E-state index contributed by atoms with van der Waals surface area (Å²) in [6.07, 6.45) is 2.47. The highest BCUT2D eigenvalue weighted by atomic mass is 16.1. The van der Waals surface area contributed by atoms with Gasteiger partial charge >= 0.3 is 0 Å². The molecule has 0 spiro atoms. The van der Waals surface area contributed by atoms with E-state index in [0.717, 1.165) is 5.56 Å². The molecule has 0 unspecified atom stereocenters. The van der Waals surface area contributed by atoms with E-state index in [-0.39, 0.29) is 11.5 Å². The largest absolute Gasteiger partial charge is 0.311 e. The van der Waals surface area contributed by atoms with Gasteiger partial charge in [-0.25, -0.2) is 9.67 Å². The molecule has 2 aromatic rings. The monoisotopic (exact) mass is 272 g/mol. The van der Waals surface area contributed by atoms with Gasteiger partial charge in [-0.2, -0.15) is 5.10 Å². The van der Waals surface area contributed by atoms with Crippen LogP contribution in [0.3, 0.4) is 0 Å². The highest BCUT2D eigenvalue weighted by Gasteiger charge is 2.05. The Kier molecular flexibility index (Phi) is 4.24. The van der Waals surface area contributed by atoms with Crippen LogP contribution in [0.5, 0.6) is 0 Å². The first-order valence-corrected chi connectivity index (χ1v) is 6.30. The van der Waals surface area contributed by atoms with Crippen LogP contribution in [0.15, 0.2) is 35.3 Å². The molecular weight excluding hydrogens is 256 g/mol. The van der Waals surface area contributed by atoms with Gasteiger partial charge < -0.3 is 5.32 Å². The lowest BCUT2D eigenvalue weighted by Crippen LogP contribution is -2.20. The van der Waals surface area contributed by atoms with Gasteiger partial charge in [0, 0.05) is 32.2 Å². The Morgan fingerprint density at radius 1 is 1.30 bits per heavy atom. The molecule has 0 radical (unpaired) electrons. The van der Waals surface area contributed by atoms with E-state index < -0.39 is 0 Å². The lowest BCUT2D eigenvalue weighted by molar-refractivity contribution is -0.116. The summed E-state index contributed by atoms with van der Waals surface area (Å²) in [6, 6.07) is 6.73.